The number of carbonyl (C=O) groups excluding carboxylic acids is 1. The number of carbonyl (C=O) groups is 1. The van der Waals surface area contributed by atoms with Gasteiger partial charge in [-0.15, -0.1) is 0 Å². The third kappa shape index (κ3) is 3.32. The Kier molecular flexibility index (Phi) is 4.31. The molecule has 0 fully saturated rings. The second kappa shape index (κ2) is 6.32. The van der Waals surface area contributed by atoms with Gasteiger partial charge in [-0.25, -0.2) is 0 Å². The molecule has 7 nitrogen and oxygen atoms in total. The van der Waals surface area contributed by atoms with Gasteiger partial charge >= 0.3 is 0 Å². The summed E-state index contributed by atoms with van der Waals surface area (Å²) in [4.78, 5) is 12.2. The van der Waals surface area contributed by atoms with Crippen LogP contribution in [-0.4, -0.2) is 24.0 Å². The summed E-state index contributed by atoms with van der Waals surface area (Å²) in [6, 6.07) is 11.6. The molecule has 0 bridgehead atoms. The zero-order chi connectivity index (χ0) is 19.1. The molecule has 8 heteroatoms. The summed E-state index contributed by atoms with van der Waals surface area (Å²) in [7, 11) is -4.41. The van der Waals surface area contributed by atoms with Gasteiger partial charge in [0.25, 0.3) is 16.0 Å². The van der Waals surface area contributed by atoms with Crippen molar-refractivity contribution in [1.82, 2.24) is 0 Å². The van der Waals surface area contributed by atoms with E-state index in [1.165, 1.54) is 24.3 Å². The molecule has 0 aliphatic heterocycles. The Bertz CT molecular complexity index is 1140. The molecule has 0 saturated carbocycles. The molecule has 0 saturated heterocycles. The maximum Gasteiger partial charge on any atom is 0.294 e. The summed E-state index contributed by atoms with van der Waals surface area (Å²) in [6.45, 7) is 1.86. The van der Waals surface area contributed by atoms with Crippen LogP contribution < -0.4 is 11.1 Å². The lowest BCUT2D eigenvalue weighted by Crippen LogP contribution is -2.14. The van der Waals surface area contributed by atoms with Crippen molar-refractivity contribution in [3.05, 3.63) is 59.7 Å². The Morgan fingerprint density at radius 2 is 1.77 bits per heavy atom. The van der Waals surface area contributed by atoms with Gasteiger partial charge in [-0.3, -0.25) is 9.35 Å². The standard InChI is InChI=1S/C18H16N2O5S/c1-10-2-4-13(15(19)8-10)18(22)20-16-6-7-17(21)14-9-11(26(23,24)25)3-5-12(14)16/h2-9,21H,19H2,1H3,(H,20,22)(H,23,24,25). The van der Waals surface area contributed by atoms with E-state index in [1.807, 2.05) is 6.92 Å². The number of aryl methyl sites for hydroxylation is 1. The molecule has 26 heavy (non-hydrogen) atoms. The largest absolute Gasteiger partial charge is 0.507 e. The lowest BCUT2D eigenvalue weighted by atomic mass is 10.1. The molecule has 0 unspecified atom stereocenters. The Morgan fingerprint density at radius 3 is 2.42 bits per heavy atom. The minimum absolute atomic E-state index is 0.176. The molecule has 1 amide bonds. The number of rotatable bonds is 3. The number of fused-ring (bicyclic) bond motifs is 1. The molecule has 0 heterocycles. The molecule has 0 spiro atoms. The molecular formula is C18H16N2O5S. The van der Waals surface area contributed by atoms with Gasteiger partial charge in [-0.05, 0) is 48.9 Å². The van der Waals surface area contributed by atoms with Crippen LogP contribution in [-0.2, 0) is 10.1 Å². The van der Waals surface area contributed by atoms with Crippen molar-refractivity contribution >= 4 is 38.2 Å². The fraction of sp³-hybridized carbons (Fsp3) is 0.0556. The number of anilines is 2. The zero-order valence-electron chi connectivity index (χ0n) is 13.7. The number of benzene rings is 3. The average molecular weight is 372 g/mol. The van der Waals surface area contributed by atoms with E-state index in [-0.39, 0.29) is 16.0 Å². The summed E-state index contributed by atoms with van der Waals surface area (Å²) < 4.78 is 31.7. The fourth-order valence-electron chi connectivity index (χ4n) is 2.66. The Labute approximate surface area is 149 Å². The quantitative estimate of drug-likeness (QED) is 0.318. The highest BCUT2D eigenvalue weighted by Gasteiger charge is 2.16. The lowest BCUT2D eigenvalue weighted by molar-refractivity contribution is 0.102. The highest BCUT2D eigenvalue weighted by atomic mass is 32.2. The predicted octanol–water partition coefficient (Wildman–Crippen LogP) is 2.94. The van der Waals surface area contributed by atoms with Gasteiger partial charge in [0.15, 0.2) is 0 Å². The van der Waals surface area contributed by atoms with E-state index in [1.54, 1.807) is 18.2 Å². The Hall–Kier alpha value is -3.10. The number of aromatic hydroxyl groups is 1. The zero-order valence-corrected chi connectivity index (χ0v) is 14.5. The maximum absolute atomic E-state index is 12.5. The first-order chi connectivity index (χ1) is 12.2. The topological polar surface area (TPSA) is 130 Å². The average Bonchev–Trinajstić information content (AvgIpc) is 2.56. The van der Waals surface area contributed by atoms with Crippen molar-refractivity contribution < 1.29 is 22.9 Å². The summed E-state index contributed by atoms with van der Waals surface area (Å²) >= 11 is 0. The van der Waals surface area contributed by atoms with E-state index in [9.17, 15) is 18.3 Å². The molecule has 134 valence electrons. The van der Waals surface area contributed by atoms with E-state index in [0.29, 0.717) is 22.3 Å². The number of phenolic OH excluding ortho intramolecular Hbond substituents is 1. The monoisotopic (exact) mass is 372 g/mol. The van der Waals surface area contributed by atoms with Crippen molar-refractivity contribution in [3.8, 4) is 5.75 Å². The molecule has 0 atom stereocenters. The van der Waals surface area contributed by atoms with Gasteiger partial charge in [0.1, 0.15) is 5.75 Å². The number of nitrogens with one attached hydrogen (secondary N) is 1. The second-order valence-corrected chi connectivity index (χ2v) is 7.28. The van der Waals surface area contributed by atoms with Gasteiger partial charge in [0, 0.05) is 22.1 Å². The molecule has 0 aromatic heterocycles. The van der Waals surface area contributed by atoms with Crippen LogP contribution in [0, 0.1) is 6.92 Å². The number of amides is 1. The first-order valence-corrected chi connectivity index (χ1v) is 9.01. The molecule has 0 radical (unpaired) electrons. The normalized spacial score (nSPS) is 11.5. The summed E-state index contributed by atoms with van der Waals surface area (Å²) in [5.41, 5.74) is 7.80. The van der Waals surface area contributed by atoms with Gasteiger partial charge in [0.2, 0.25) is 0 Å². The predicted molar refractivity (Wildman–Crippen MR) is 99.0 cm³/mol. The number of hydrogen-bond donors (Lipinski definition) is 4. The van der Waals surface area contributed by atoms with E-state index in [2.05, 4.69) is 5.32 Å². The molecule has 5 N–H and O–H groups in total. The van der Waals surface area contributed by atoms with E-state index in [4.69, 9.17) is 10.3 Å². The first kappa shape index (κ1) is 17.7. The summed E-state index contributed by atoms with van der Waals surface area (Å²) in [5, 5.41) is 13.3. The summed E-state index contributed by atoms with van der Waals surface area (Å²) in [6.07, 6.45) is 0. The van der Waals surface area contributed by atoms with Crippen LogP contribution in [0.5, 0.6) is 5.75 Å². The summed E-state index contributed by atoms with van der Waals surface area (Å²) in [5.74, 6) is -0.619. The minimum atomic E-state index is -4.41. The van der Waals surface area contributed by atoms with Crippen LogP contribution in [0.1, 0.15) is 15.9 Å². The lowest BCUT2D eigenvalue weighted by Gasteiger charge is -2.12. The third-order valence-corrected chi connectivity index (χ3v) is 4.81. The second-order valence-electron chi connectivity index (χ2n) is 5.86. The maximum atomic E-state index is 12.5. The van der Waals surface area contributed by atoms with Crippen molar-refractivity contribution in [2.75, 3.05) is 11.1 Å². The van der Waals surface area contributed by atoms with Crippen molar-refractivity contribution in [3.63, 3.8) is 0 Å². The smallest absolute Gasteiger partial charge is 0.294 e. The van der Waals surface area contributed by atoms with Crippen LogP contribution in [0.25, 0.3) is 10.8 Å². The first-order valence-electron chi connectivity index (χ1n) is 7.57. The van der Waals surface area contributed by atoms with Crippen molar-refractivity contribution in [2.24, 2.45) is 0 Å². The van der Waals surface area contributed by atoms with Crippen molar-refractivity contribution in [1.29, 1.82) is 0 Å². The van der Waals surface area contributed by atoms with Crippen LogP contribution in [0.15, 0.2) is 53.4 Å². The molecular weight excluding hydrogens is 356 g/mol. The Balaban J connectivity index is 2.05. The van der Waals surface area contributed by atoms with Gasteiger partial charge in [0.05, 0.1) is 10.5 Å². The van der Waals surface area contributed by atoms with Gasteiger partial charge in [-0.2, -0.15) is 8.42 Å². The van der Waals surface area contributed by atoms with E-state index >= 15 is 0 Å². The van der Waals surface area contributed by atoms with Crippen LogP contribution in [0.4, 0.5) is 11.4 Å². The highest BCUT2D eigenvalue weighted by Crippen LogP contribution is 2.33. The number of hydrogen-bond acceptors (Lipinski definition) is 5. The molecule has 3 rings (SSSR count). The number of nitrogen functional groups attached to an aromatic ring is 1. The minimum Gasteiger partial charge on any atom is -0.507 e. The van der Waals surface area contributed by atoms with Crippen LogP contribution >= 0.6 is 0 Å². The molecule has 0 aliphatic rings. The van der Waals surface area contributed by atoms with Crippen LogP contribution in [0.3, 0.4) is 0 Å². The number of phenols is 1. The molecule has 0 aliphatic carbocycles. The highest BCUT2D eigenvalue weighted by molar-refractivity contribution is 7.85. The van der Waals surface area contributed by atoms with Gasteiger partial charge in [-0.1, -0.05) is 12.1 Å². The van der Waals surface area contributed by atoms with Crippen molar-refractivity contribution in [2.45, 2.75) is 11.8 Å². The fourth-order valence-corrected chi connectivity index (χ4v) is 3.17. The van der Waals surface area contributed by atoms with E-state index in [0.717, 1.165) is 11.6 Å². The van der Waals surface area contributed by atoms with Gasteiger partial charge < -0.3 is 16.2 Å². The number of nitrogens with two attached hydrogens (primary N) is 1. The van der Waals surface area contributed by atoms with E-state index < -0.39 is 16.0 Å². The molecule has 3 aromatic rings. The Morgan fingerprint density at radius 1 is 1.04 bits per heavy atom. The van der Waals surface area contributed by atoms with Crippen LogP contribution in [0.2, 0.25) is 0 Å². The molecule has 3 aromatic carbocycles. The third-order valence-electron chi connectivity index (χ3n) is 3.96. The SMILES string of the molecule is Cc1ccc(C(=O)Nc2ccc(O)c3cc(S(=O)(=O)O)ccc23)c(N)c1.